The fraction of sp³-hybridized carbons (Fsp3) is 0.212. The van der Waals surface area contributed by atoms with E-state index in [1.54, 1.807) is 56.3 Å². The third kappa shape index (κ3) is 9.83. The summed E-state index contributed by atoms with van der Waals surface area (Å²) in [5.41, 5.74) is 2.34. The maximum absolute atomic E-state index is 12.8. The summed E-state index contributed by atoms with van der Waals surface area (Å²) in [7, 11) is 0. The Labute approximate surface area is 268 Å². The van der Waals surface area contributed by atoms with Gasteiger partial charge in [-0.1, -0.05) is 65.2 Å². The van der Waals surface area contributed by atoms with Gasteiger partial charge in [-0.05, 0) is 55.7 Å². The van der Waals surface area contributed by atoms with Crippen molar-refractivity contribution in [2.75, 3.05) is 0 Å². The minimum atomic E-state index is -4.40. The molecule has 5 aromatic rings. The molecule has 12 heteroatoms. The van der Waals surface area contributed by atoms with Crippen molar-refractivity contribution in [3.05, 3.63) is 108 Å². The van der Waals surface area contributed by atoms with Crippen LogP contribution in [0.25, 0.3) is 45.2 Å². The molecule has 0 saturated carbocycles. The van der Waals surface area contributed by atoms with E-state index in [0.717, 1.165) is 29.8 Å². The fourth-order valence-electron chi connectivity index (χ4n) is 4.19. The molecule has 0 aliphatic carbocycles. The van der Waals surface area contributed by atoms with Crippen molar-refractivity contribution in [2.45, 2.75) is 44.8 Å². The Morgan fingerprint density at radius 3 is 1.36 bits per heavy atom. The molecular formula is C33H27F6IrN2O3-. The van der Waals surface area contributed by atoms with Gasteiger partial charge in [-0.3, -0.25) is 0 Å². The van der Waals surface area contributed by atoms with Gasteiger partial charge in [0.25, 0.3) is 0 Å². The van der Waals surface area contributed by atoms with E-state index in [-0.39, 0.29) is 44.1 Å². The standard InChI is InChI=1S/C28H15F6N2O.C5H12O2.Ir/c29-27(30,31)23-13-9-19(10-14-23)17-1-5-21(6-2-17)25-35-36-26(37-25)22-7-3-18(4-8-22)20-11-15-24(16-12-20)28(32,33)34;1-4(6)3-5(2)7;/h1-7,9-16H;4-7H,3H2,1-2H3;/q-1;;. The second-order valence-corrected chi connectivity index (χ2v) is 10.1. The third-order valence-electron chi connectivity index (χ3n) is 6.37. The van der Waals surface area contributed by atoms with Crippen molar-refractivity contribution in [1.82, 2.24) is 10.2 Å². The van der Waals surface area contributed by atoms with Gasteiger partial charge in [0.1, 0.15) is 0 Å². The van der Waals surface area contributed by atoms with E-state index in [1.165, 1.54) is 24.3 Å². The van der Waals surface area contributed by atoms with Gasteiger partial charge >= 0.3 is 12.4 Å². The van der Waals surface area contributed by atoms with Crippen LogP contribution in [0.15, 0.2) is 95.4 Å². The van der Waals surface area contributed by atoms with E-state index in [4.69, 9.17) is 14.6 Å². The Hall–Kier alpha value is -3.83. The SMILES string of the molecule is CC(O)CC(C)O.FC(F)(F)c1ccc(-c2c[c-]c(-c3nnc(-c4ccc(-c5ccc(C(F)(F)F)cc5)cc4)o3)cc2)cc1.[Ir]. The van der Waals surface area contributed by atoms with E-state index in [9.17, 15) is 26.3 Å². The summed E-state index contributed by atoms with van der Waals surface area (Å²) in [5.74, 6) is 0.454. The van der Waals surface area contributed by atoms with E-state index >= 15 is 0 Å². The molecule has 5 rings (SSSR count). The average molecular weight is 806 g/mol. The monoisotopic (exact) mass is 806 g/mol. The minimum absolute atomic E-state index is 0. The van der Waals surface area contributed by atoms with Crippen LogP contribution in [0.4, 0.5) is 26.3 Å². The zero-order chi connectivity index (χ0) is 32.1. The largest absolute Gasteiger partial charge is 0.464 e. The van der Waals surface area contributed by atoms with Crippen LogP contribution in [0.2, 0.25) is 0 Å². The Kier molecular flexibility index (Phi) is 11.9. The van der Waals surface area contributed by atoms with Crippen LogP contribution in [0.5, 0.6) is 0 Å². The molecule has 239 valence electrons. The summed E-state index contributed by atoms with van der Waals surface area (Å²) in [6.07, 6.45) is -9.06. The van der Waals surface area contributed by atoms with E-state index in [2.05, 4.69) is 16.3 Å². The van der Waals surface area contributed by atoms with Gasteiger partial charge in [0.15, 0.2) is 5.89 Å². The number of nitrogens with zero attached hydrogens (tertiary/aromatic N) is 2. The molecule has 5 nitrogen and oxygen atoms in total. The van der Waals surface area contributed by atoms with Crippen LogP contribution in [0.3, 0.4) is 0 Å². The Bertz CT molecular complexity index is 1510. The third-order valence-corrected chi connectivity index (χ3v) is 6.37. The van der Waals surface area contributed by atoms with Gasteiger partial charge in [0, 0.05) is 25.7 Å². The number of benzene rings is 4. The molecule has 1 aromatic heterocycles. The summed E-state index contributed by atoms with van der Waals surface area (Å²) in [4.78, 5) is 0. The molecule has 0 saturated heterocycles. The van der Waals surface area contributed by atoms with Crippen LogP contribution in [0, 0.1) is 6.07 Å². The Morgan fingerprint density at radius 2 is 0.978 bits per heavy atom. The molecule has 2 N–H and O–H groups in total. The normalized spacial score (nSPS) is 12.8. The fourth-order valence-corrected chi connectivity index (χ4v) is 4.19. The Balaban J connectivity index is 0.000000621. The number of aliphatic hydroxyl groups is 2. The molecule has 0 amide bonds. The second kappa shape index (κ2) is 15.0. The number of alkyl halides is 6. The first-order chi connectivity index (χ1) is 20.7. The molecule has 4 aromatic carbocycles. The van der Waals surface area contributed by atoms with Crippen LogP contribution >= 0.6 is 0 Å². The maximum atomic E-state index is 12.8. The molecule has 2 unspecified atom stereocenters. The van der Waals surface area contributed by atoms with Gasteiger partial charge in [-0.15, -0.1) is 29.4 Å². The first kappa shape index (κ1) is 35.6. The van der Waals surface area contributed by atoms with Crippen LogP contribution in [-0.2, 0) is 32.5 Å². The minimum Gasteiger partial charge on any atom is -0.464 e. The number of aliphatic hydroxyl groups excluding tert-OH is 2. The van der Waals surface area contributed by atoms with Gasteiger partial charge in [0.2, 0.25) is 5.89 Å². The molecule has 0 bridgehead atoms. The van der Waals surface area contributed by atoms with Gasteiger partial charge in [0.05, 0.1) is 23.3 Å². The maximum Gasteiger partial charge on any atom is 0.416 e. The van der Waals surface area contributed by atoms with Crippen molar-refractivity contribution in [3.63, 3.8) is 0 Å². The predicted molar refractivity (Wildman–Crippen MR) is 153 cm³/mol. The molecule has 0 aliphatic rings. The zero-order valence-corrected chi connectivity index (χ0v) is 26.2. The van der Waals surface area contributed by atoms with Gasteiger partial charge in [-0.25, -0.2) is 0 Å². The predicted octanol–water partition coefficient (Wildman–Crippen LogP) is 8.71. The van der Waals surface area contributed by atoms with Crippen molar-refractivity contribution in [3.8, 4) is 45.2 Å². The molecule has 1 radical (unpaired) electrons. The van der Waals surface area contributed by atoms with E-state index in [0.29, 0.717) is 34.2 Å². The second-order valence-electron chi connectivity index (χ2n) is 10.1. The summed E-state index contributed by atoms with van der Waals surface area (Å²) >= 11 is 0. The van der Waals surface area contributed by atoms with Crippen molar-refractivity contribution >= 4 is 0 Å². The number of hydrogen-bond donors (Lipinski definition) is 2. The number of rotatable bonds is 6. The molecule has 0 fully saturated rings. The van der Waals surface area contributed by atoms with E-state index < -0.39 is 23.5 Å². The van der Waals surface area contributed by atoms with Gasteiger partial charge in [-0.2, -0.15) is 31.4 Å². The van der Waals surface area contributed by atoms with Crippen LogP contribution < -0.4 is 0 Å². The summed E-state index contributed by atoms with van der Waals surface area (Å²) in [6.45, 7) is 3.32. The number of halogens is 6. The quantitative estimate of drug-likeness (QED) is 0.133. The van der Waals surface area contributed by atoms with Crippen LogP contribution in [-0.4, -0.2) is 32.6 Å². The van der Waals surface area contributed by atoms with Crippen molar-refractivity contribution in [2.24, 2.45) is 0 Å². The molecular weight excluding hydrogens is 779 g/mol. The molecule has 45 heavy (non-hydrogen) atoms. The zero-order valence-electron chi connectivity index (χ0n) is 23.8. The molecule has 0 spiro atoms. The summed E-state index contributed by atoms with van der Waals surface area (Å²) < 4.78 is 82.4. The first-order valence-electron chi connectivity index (χ1n) is 13.4. The smallest absolute Gasteiger partial charge is 0.416 e. The van der Waals surface area contributed by atoms with Crippen LogP contribution in [0.1, 0.15) is 31.4 Å². The topological polar surface area (TPSA) is 79.4 Å². The summed E-state index contributed by atoms with van der Waals surface area (Å²) in [6, 6.07) is 24.7. The number of aromatic nitrogens is 2. The Morgan fingerprint density at radius 1 is 0.600 bits per heavy atom. The summed E-state index contributed by atoms with van der Waals surface area (Å²) in [5, 5.41) is 25.2. The first-order valence-corrected chi connectivity index (χ1v) is 13.4. The van der Waals surface area contributed by atoms with E-state index in [1.807, 2.05) is 0 Å². The molecule has 1 heterocycles. The van der Waals surface area contributed by atoms with Gasteiger partial charge < -0.3 is 14.6 Å². The molecule has 2 atom stereocenters. The van der Waals surface area contributed by atoms with Crippen molar-refractivity contribution in [1.29, 1.82) is 0 Å². The molecule has 0 aliphatic heterocycles. The average Bonchev–Trinajstić information content (AvgIpc) is 3.47. The van der Waals surface area contributed by atoms with Crippen molar-refractivity contribution < 1.29 is 61.1 Å². The number of hydrogen-bond acceptors (Lipinski definition) is 5.